The molecule has 1 saturated heterocycles. The van der Waals surface area contributed by atoms with Gasteiger partial charge in [0.2, 0.25) is 0 Å². The second-order valence-electron chi connectivity index (χ2n) is 7.42. The zero-order valence-corrected chi connectivity index (χ0v) is 13.4. The molecule has 3 fully saturated rings. The fourth-order valence-electron chi connectivity index (χ4n) is 5.03. The summed E-state index contributed by atoms with van der Waals surface area (Å²) in [6.45, 7) is 9.42. The minimum absolute atomic E-state index is 0.0457. The average Bonchev–Trinajstić information content (AvgIpc) is 2.73. The lowest BCUT2D eigenvalue weighted by Gasteiger charge is -2.38. The van der Waals surface area contributed by atoms with Crippen molar-refractivity contribution in [2.24, 2.45) is 23.2 Å². The van der Waals surface area contributed by atoms with Crippen molar-refractivity contribution in [2.75, 3.05) is 0 Å². The summed E-state index contributed by atoms with van der Waals surface area (Å²) < 4.78 is 10.9. The van der Waals surface area contributed by atoms with E-state index in [1.165, 1.54) is 6.92 Å². The third-order valence-electron chi connectivity index (χ3n) is 5.99. The number of ether oxygens (including phenoxy) is 2. The van der Waals surface area contributed by atoms with E-state index in [1.54, 1.807) is 0 Å². The van der Waals surface area contributed by atoms with Crippen molar-refractivity contribution in [1.29, 1.82) is 0 Å². The summed E-state index contributed by atoms with van der Waals surface area (Å²) in [6.07, 6.45) is 0.851. The maximum absolute atomic E-state index is 11.8. The van der Waals surface area contributed by atoms with Crippen molar-refractivity contribution in [1.82, 2.24) is 0 Å². The molecule has 0 unspecified atom stereocenters. The van der Waals surface area contributed by atoms with Crippen molar-refractivity contribution in [3.63, 3.8) is 0 Å². The molecule has 0 amide bonds. The van der Waals surface area contributed by atoms with Crippen molar-refractivity contribution in [3.8, 4) is 0 Å². The summed E-state index contributed by atoms with van der Waals surface area (Å²) in [5.41, 5.74) is 0.123. The number of rotatable bonds is 1. The quantitative estimate of drug-likeness (QED) is 0.591. The number of fused-ring (bicyclic) bond motifs is 2. The number of aliphatic hydroxyl groups excluding tert-OH is 1. The second kappa shape index (κ2) is 5.08. The van der Waals surface area contributed by atoms with Gasteiger partial charge in [-0.3, -0.25) is 4.79 Å². The Morgan fingerprint density at radius 2 is 2.14 bits per heavy atom. The Balaban J connectivity index is 1.94. The highest BCUT2D eigenvalue weighted by molar-refractivity contribution is 5.90. The van der Waals surface area contributed by atoms with Crippen LogP contribution in [0.3, 0.4) is 0 Å². The number of hydrogen-bond acceptors (Lipinski definition) is 5. The van der Waals surface area contributed by atoms with Gasteiger partial charge in [-0.15, -0.1) is 0 Å². The SMILES string of the molecule is C=C1C(=O)O[C@H]2C[C@@H](C)[C@@H]3[C@@H](OC(C)=O)C[C@H](O)[C@@]3(C)C[C@H]12. The van der Waals surface area contributed by atoms with Crippen LogP contribution in [0.15, 0.2) is 12.2 Å². The van der Waals surface area contributed by atoms with Gasteiger partial charge in [0.25, 0.3) is 0 Å². The van der Waals surface area contributed by atoms with Crippen LogP contribution < -0.4 is 0 Å². The Morgan fingerprint density at radius 3 is 2.77 bits per heavy atom. The Bertz CT molecular complexity index is 527. The van der Waals surface area contributed by atoms with Crippen molar-refractivity contribution < 1.29 is 24.2 Å². The van der Waals surface area contributed by atoms with Crippen LogP contribution in [0.4, 0.5) is 0 Å². The topological polar surface area (TPSA) is 72.8 Å². The molecule has 0 spiro atoms. The molecule has 1 N–H and O–H groups in total. The highest BCUT2D eigenvalue weighted by atomic mass is 16.6. The molecule has 3 aliphatic rings. The van der Waals surface area contributed by atoms with E-state index in [9.17, 15) is 14.7 Å². The third-order valence-corrected chi connectivity index (χ3v) is 5.99. The lowest BCUT2D eigenvalue weighted by atomic mass is 9.69. The van der Waals surface area contributed by atoms with Crippen LogP contribution in [0.25, 0.3) is 0 Å². The smallest absolute Gasteiger partial charge is 0.334 e. The Kier molecular flexibility index (Phi) is 3.59. The molecule has 122 valence electrons. The Labute approximate surface area is 130 Å². The Morgan fingerprint density at radius 1 is 1.45 bits per heavy atom. The normalized spacial score (nSPS) is 47.5. The van der Waals surface area contributed by atoms with Crippen LogP contribution in [0, 0.1) is 23.2 Å². The van der Waals surface area contributed by atoms with Gasteiger partial charge >= 0.3 is 11.9 Å². The minimum Gasteiger partial charge on any atom is -0.462 e. The Hall–Kier alpha value is -1.36. The molecule has 3 rings (SSSR count). The lowest BCUT2D eigenvalue weighted by Crippen LogP contribution is -2.38. The predicted octanol–water partition coefficient (Wildman–Crippen LogP) is 1.83. The molecular formula is C17H24O5. The highest BCUT2D eigenvalue weighted by Gasteiger charge is 2.60. The highest BCUT2D eigenvalue weighted by Crippen LogP contribution is 2.57. The summed E-state index contributed by atoms with van der Waals surface area (Å²) in [5, 5.41) is 10.6. The molecule has 0 bridgehead atoms. The maximum atomic E-state index is 11.8. The summed E-state index contributed by atoms with van der Waals surface area (Å²) in [4.78, 5) is 23.2. The van der Waals surface area contributed by atoms with E-state index >= 15 is 0 Å². The molecular weight excluding hydrogens is 284 g/mol. The van der Waals surface area contributed by atoms with E-state index < -0.39 is 11.5 Å². The van der Waals surface area contributed by atoms with Gasteiger partial charge in [-0.05, 0) is 18.8 Å². The van der Waals surface area contributed by atoms with Crippen LogP contribution in [0.2, 0.25) is 0 Å². The summed E-state index contributed by atoms with van der Waals surface area (Å²) in [5.74, 6) is -0.401. The van der Waals surface area contributed by atoms with Gasteiger partial charge in [-0.1, -0.05) is 20.4 Å². The van der Waals surface area contributed by atoms with Crippen LogP contribution in [0.1, 0.15) is 40.0 Å². The summed E-state index contributed by atoms with van der Waals surface area (Å²) >= 11 is 0. The summed E-state index contributed by atoms with van der Waals surface area (Å²) in [6, 6.07) is 0. The van der Waals surface area contributed by atoms with E-state index in [-0.39, 0.29) is 41.9 Å². The predicted molar refractivity (Wildman–Crippen MR) is 78.7 cm³/mol. The van der Waals surface area contributed by atoms with Crippen LogP contribution in [-0.4, -0.2) is 35.4 Å². The first-order valence-electron chi connectivity index (χ1n) is 7.99. The third kappa shape index (κ3) is 2.18. The molecule has 22 heavy (non-hydrogen) atoms. The van der Waals surface area contributed by atoms with Gasteiger partial charge in [0, 0.05) is 36.2 Å². The molecule has 0 aromatic rings. The molecule has 0 aromatic carbocycles. The minimum atomic E-state index is -0.549. The molecule has 5 nitrogen and oxygen atoms in total. The average molecular weight is 308 g/mol. The van der Waals surface area contributed by atoms with Gasteiger partial charge in [-0.2, -0.15) is 0 Å². The fourth-order valence-corrected chi connectivity index (χ4v) is 5.03. The molecule has 7 atom stereocenters. The number of carbonyl (C=O) groups is 2. The zero-order chi connectivity index (χ0) is 16.2. The van der Waals surface area contributed by atoms with Gasteiger partial charge in [-0.25, -0.2) is 4.79 Å². The summed E-state index contributed by atoms with van der Waals surface area (Å²) in [7, 11) is 0. The molecule has 0 radical (unpaired) electrons. The van der Waals surface area contributed by atoms with E-state index in [4.69, 9.17) is 9.47 Å². The van der Waals surface area contributed by atoms with Gasteiger partial charge in [0.05, 0.1) is 6.10 Å². The molecule has 5 heteroatoms. The van der Waals surface area contributed by atoms with Gasteiger partial charge in [0.15, 0.2) is 0 Å². The first kappa shape index (κ1) is 15.5. The maximum Gasteiger partial charge on any atom is 0.334 e. The molecule has 1 aliphatic heterocycles. The van der Waals surface area contributed by atoms with Crippen molar-refractivity contribution in [3.05, 3.63) is 12.2 Å². The van der Waals surface area contributed by atoms with Crippen LogP contribution in [-0.2, 0) is 19.1 Å². The van der Waals surface area contributed by atoms with E-state index in [1.807, 2.05) is 6.92 Å². The standard InChI is InChI=1S/C17H24O5/c1-8-5-12-11(9(2)16(20)22-12)7-17(4)14(19)6-13(15(8)17)21-10(3)18/h8,11-15,19H,2,5-7H2,1,3-4H3/t8-,11-,12+,13+,14+,15-,17-/m1/s1. The second-order valence-corrected chi connectivity index (χ2v) is 7.42. The van der Waals surface area contributed by atoms with E-state index in [0.717, 1.165) is 6.42 Å². The first-order valence-corrected chi connectivity index (χ1v) is 7.99. The zero-order valence-electron chi connectivity index (χ0n) is 13.4. The largest absolute Gasteiger partial charge is 0.462 e. The van der Waals surface area contributed by atoms with E-state index in [0.29, 0.717) is 18.4 Å². The van der Waals surface area contributed by atoms with Crippen LogP contribution >= 0.6 is 0 Å². The number of carbonyl (C=O) groups excluding carboxylic acids is 2. The number of esters is 2. The molecule has 1 heterocycles. The molecule has 0 aromatic heterocycles. The van der Waals surface area contributed by atoms with Crippen molar-refractivity contribution >= 4 is 11.9 Å². The number of hydrogen-bond donors (Lipinski definition) is 1. The molecule has 2 aliphatic carbocycles. The van der Waals surface area contributed by atoms with Crippen molar-refractivity contribution in [2.45, 2.75) is 58.3 Å². The van der Waals surface area contributed by atoms with Gasteiger partial charge < -0.3 is 14.6 Å². The fraction of sp³-hybridized carbons (Fsp3) is 0.765. The monoisotopic (exact) mass is 308 g/mol. The van der Waals surface area contributed by atoms with Gasteiger partial charge in [0.1, 0.15) is 12.2 Å². The van der Waals surface area contributed by atoms with Crippen LogP contribution in [0.5, 0.6) is 0 Å². The first-order chi connectivity index (χ1) is 10.2. The lowest BCUT2D eigenvalue weighted by molar-refractivity contribution is -0.150. The number of aliphatic hydroxyl groups is 1. The van der Waals surface area contributed by atoms with E-state index in [2.05, 4.69) is 13.5 Å². The molecule has 2 saturated carbocycles.